The Kier molecular flexibility index (Phi) is 4.90. The third kappa shape index (κ3) is 4.01. The highest BCUT2D eigenvalue weighted by Crippen LogP contribution is 2.19. The second kappa shape index (κ2) is 6.67. The Morgan fingerprint density at radius 2 is 2.24 bits per heavy atom. The van der Waals surface area contributed by atoms with Crippen LogP contribution in [0.3, 0.4) is 0 Å². The number of carboxylic acid groups (broad SMARTS) is 1. The summed E-state index contributed by atoms with van der Waals surface area (Å²) >= 11 is 0. The molecule has 2 heterocycles. The van der Waals surface area contributed by atoms with Crippen LogP contribution in [0.5, 0.6) is 0 Å². The van der Waals surface area contributed by atoms with Gasteiger partial charge in [-0.2, -0.15) is 0 Å². The van der Waals surface area contributed by atoms with Crippen LogP contribution in [0.25, 0.3) is 0 Å². The van der Waals surface area contributed by atoms with Gasteiger partial charge in [-0.15, -0.1) is 0 Å². The van der Waals surface area contributed by atoms with Crippen molar-refractivity contribution >= 4 is 11.9 Å². The second-order valence-electron chi connectivity index (χ2n) is 5.42. The van der Waals surface area contributed by atoms with Gasteiger partial charge in [-0.25, -0.2) is 9.78 Å². The van der Waals surface area contributed by atoms with Crippen LogP contribution in [0.15, 0.2) is 12.1 Å². The van der Waals surface area contributed by atoms with Crippen molar-refractivity contribution in [1.82, 2.24) is 10.3 Å². The Bertz CT molecular complexity index is 544. The third-order valence-corrected chi connectivity index (χ3v) is 3.69. The van der Waals surface area contributed by atoms with E-state index >= 15 is 0 Å². The van der Waals surface area contributed by atoms with Gasteiger partial charge in [-0.1, -0.05) is 0 Å². The Balaban J connectivity index is 1.94. The summed E-state index contributed by atoms with van der Waals surface area (Å²) in [6, 6.07) is 2.86. The number of aromatic carboxylic acids is 1. The van der Waals surface area contributed by atoms with Crippen molar-refractivity contribution in [2.24, 2.45) is 5.92 Å². The maximum Gasteiger partial charge on any atom is 0.337 e. The molecular weight excluding hydrogens is 272 g/mol. The number of nitrogens with one attached hydrogen (secondary N) is 1. The molecule has 2 atom stereocenters. The van der Waals surface area contributed by atoms with E-state index in [2.05, 4.69) is 10.3 Å². The molecule has 2 N–H and O–H groups in total. The lowest BCUT2D eigenvalue weighted by Gasteiger charge is -2.27. The molecule has 1 saturated heterocycles. The summed E-state index contributed by atoms with van der Waals surface area (Å²) in [6.07, 6.45) is 2.11. The molecule has 2 rings (SSSR count). The summed E-state index contributed by atoms with van der Waals surface area (Å²) in [6.45, 7) is 4.93. The molecule has 1 amide bonds. The Morgan fingerprint density at radius 3 is 2.86 bits per heavy atom. The highest BCUT2D eigenvalue weighted by Gasteiger charge is 2.20. The highest BCUT2D eigenvalue weighted by molar-refractivity contribution is 5.94. The number of pyridine rings is 1. The fourth-order valence-corrected chi connectivity index (χ4v) is 2.52. The van der Waals surface area contributed by atoms with Gasteiger partial charge >= 0.3 is 5.97 Å². The van der Waals surface area contributed by atoms with E-state index in [1.54, 1.807) is 6.92 Å². The predicted octanol–water partition coefficient (Wildman–Crippen LogP) is 1.63. The van der Waals surface area contributed by atoms with Crippen LogP contribution >= 0.6 is 0 Å². The Morgan fingerprint density at radius 1 is 1.48 bits per heavy atom. The molecule has 1 aliphatic rings. The molecule has 1 aromatic heterocycles. The Hall–Kier alpha value is -1.95. The third-order valence-electron chi connectivity index (χ3n) is 3.69. The first-order valence-electron chi connectivity index (χ1n) is 7.08. The number of rotatable bonds is 4. The fourth-order valence-electron chi connectivity index (χ4n) is 2.52. The van der Waals surface area contributed by atoms with Crippen molar-refractivity contribution in [3.05, 3.63) is 29.1 Å². The molecule has 0 aliphatic carbocycles. The van der Waals surface area contributed by atoms with Gasteiger partial charge in [0.2, 0.25) is 0 Å². The molecular formula is C15H20N2O4. The van der Waals surface area contributed by atoms with E-state index in [0.717, 1.165) is 19.4 Å². The minimum absolute atomic E-state index is 0.116. The number of hydrogen-bond donors (Lipinski definition) is 2. The Labute approximate surface area is 123 Å². The van der Waals surface area contributed by atoms with E-state index in [1.807, 2.05) is 6.92 Å². The van der Waals surface area contributed by atoms with Gasteiger partial charge in [0.15, 0.2) is 0 Å². The van der Waals surface area contributed by atoms with Gasteiger partial charge in [-0.05, 0) is 44.7 Å². The number of nitrogens with zero attached hydrogens (tertiary/aromatic N) is 1. The van der Waals surface area contributed by atoms with Crippen LogP contribution < -0.4 is 5.32 Å². The summed E-state index contributed by atoms with van der Waals surface area (Å²) in [4.78, 5) is 27.0. The predicted molar refractivity (Wildman–Crippen MR) is 76.4 cm³/mol. The zero-order valence-electron chi connectivity index (χ0n) is 12.3. The second-order valence-corrected chi connectivity index (χ2v) is 5.42. The van der Waals surface area contributed by atoms with Gasteiger partial charge in [0, 0.05) is 13.2 Å². The summed E-state index contributed by atoms with van der Waals surface area (Å²) in [5.41, 5.74) is 0.706. The summed E-state index contributed by atoms with van der Waals surface area (Å²) in [5, 5.41) is 11.8. The van der Waals surface area contributed by atoms with E-state index < -0.39 is 5.97 Å². The maximum absolute atomic E-state index is 12.0. The molecule has 0 spiro atoms. The van der Waals surface area contributed by atoms with Crippen LogP contribution in [0.2, 0.25) is 0 Å². The number of carbonyl (C=O) groups excluding carboxylic acids is 1. The topological polar surface area (TPSA) is 88.5 Å². The average molecular weight is 292 g/mol. The highest BCUT2D eigenvalue weighted by atomic mass is 16.5. The van der Waals surface area contributed by atoms with Crippen molar-refractivity contribution in [3.8, 4) is 0 Å². The zero-order chi connectivity index (χ0) is 15.4. The van der Waals surface area contributed by atoms with Gasteiger partial charge < -0.3 is 15.2 Å². The number of aryl methyl sites for hydroxylation is 1. The maximum atomic E-state index is 12.0. The lowest BCUT2D eigenvalue weighted by molar-refractivity contribution is 0.00301. The van der Waals surface area contributed by atoms with Crippen LogP contribution in [-0.4, -0.2) is 41.2 Å². The monoisotopic (exact) mass is 292 g/mol. The minimum Gasteiger partial charge on any atom is -0.478 e. The average Bonchev–Trinajstić information content (AvgIpc) is 2.44. The van der Waals surface area contributed by atoms with E-state index in [1.165, 1.54) is 12.1 Å². The SMILES string of the molecule is Cc1nc(C(=O)NCC2CCOC(C)C2)ccc1C(=O)O. The van der Waals surface area contributed by atoms with Crippen LogP contribution in [-0.2, 0) is 4.74 Å². The zero-order valence-corrected chi connectivity index (χ0v) is 12.3. The fraction of sp³-hybridized carbons (Fsp3) is 0.533. The van der Waals surface area contributed by atoms with Crippen molar-refractivity contribution < 1.29 is 19.4 Å². The summed E-state index contributed by atoms with van der Waals surface area (Å²) in [5.74, 6) is -0.894. The van der Waals surface area contributed by atoms with Crippen molar-refractivity contribution in [3.63, 3.8) is 0 Å². The smallest absolute Gasteiger partial charge is 0.337 e. The van der Waals surface area contributed by atoms with E-state index in [4.69, 9.17) is 9.84 Å². The van der Waals surface area contributed by atoms with Crippen LogP contribution in [0, 0.1) is 12.8 Å². The minimum atomic E-state index is -1.04. The molecule has 21 heavy (non-hydrogen) atoms. The summed E-state index contributed by atoms with van der Waals surface area (Å²) < 4.78 is 5.47. The largest absolute Gasteiger partial charge is 0.478 e. The molecule has 6 nitrogen and oxygen atoms in total. The van der Waals surface area contributed by atoms with Gasteiger partial charge in [0.25, 0.3) is 5.91 Å². The molecule has 6 heteroatoms. The van der Waals surface area contributed by atoms with E-state index in [-0.39, 0.29) is 23.3 Å². The number of hydrogen-bond acceptors (Lipinski definition) is 4. The molecule has 1 aliphatic heterocycles. The standard InChI is InChI=1S/C15H20N2O4/c1-9-7-11(5-6-21-9)8-16-14(18)13-4-3-12(15(19)20)10(2)17-13/h3-4,9,11H,5-8H2,1-2H3,(H,16,18)(H,19,20). The first-order chi connectivity index (χ1) is 9.97. The van der Waals surface area contributed by atoms with Crippen molar-refractivity contribution in [2.45, 2.75) is 32.8 Å². The van der Waals surface area contributed by atoms with Gasteiger partial charge in [0.05, 0.1) is 17.4 Å². The number of carbonyl (C=O) groups is 2. The lowest BCUT2D eigenvalue weighted by Crippen LogP contribution is -2.34. The van der Waals surface area contributed by atoms with Gasteiger partial charge in [0.1, 0.15) is 5.69 Å². The molecule has 0 aromatic carbocycles. The molecule has 114 valence electrons. The van der Waals surface area contributed by atoms with E-state index in [0.29, 0.717) is 18.2 Å². The van der Waals surface area contributed by atoms with Crippen molar-refractivity contribution in [1.29, 1.82) is 0 Å². The summed E-state index contributed by atoms with van der Waals surface area (Å²) in [7, 11) is 0. The van der Waals surface area contributed by atoms with E-state index in [9.17, 15) is 9.59 Å². The van der Waals surface area contributed by atoms with Crippen molar-refractivity contribution in [2.75, 3.05) is 13.2 Å². The number of aromatic nitrogens is 1. The molecule has 2 unspecified atom stereocenters. The number of amides is 1. The molecule has 0 saturated carbocycles. The first-order valence-corrected chi connectivity index (χ1v) is 7.08. The number of ether oxygens (including phenoxy) is 1. The van der Waals surface area contributed by atoms with Gasteiger partial charge in [-0.3, -0.25) is 4.79 Å². The number of carboxylic acids is 1. The van der Waals surface area contributed by atoms with Crippen LogP contribution in [0.4, 0.5) is 0 Å². The lowest BCUT2D eigenvalue weighted by atomic mass is 9.96. The quantitative estimate of drug-likeness (QED) is 0.880. The first kappa shape index (κ1) is 15.4. The molecule has 1 fully saturated rings. The molecule has 1 aromatic rings. The molecule has 0 bridgehead atoms. The molecule has 0 radical (unpaired) electrons. The normalized spacial score (nSPS) is 21.8. The van der Waals surface area contributed by atoms with Crippen LogP contribution in [0.1, 0.15) is 46.3 Å².